The van der Waals surface area contributed by atoms with Gasteiger partial charge in [0.05, 0.1) is 11.3 Å². The van der Waals surface area contributed by atoms with Crippen LogP contribution in [0.3, 0.4) is 0 Å². The van der Waals surface area contributed by atoms with Gasteiger partial charge in [-0.3, -0.25) is 4.79 Å². The SMILES string of the molecule is Cc1ccc(S(=O)(=O)NC(=O)NCCC(=O)O)cc1. The van der Waals surface area contributed by atoms with Crippen molar-refractivity contribution in [3.8, 4) is 0 Å². The van der Waals surface area contributed by atoms with Gasteiger partial charge in [0.15, 0.2) is 0 Å². The maximum absolute atomic E-state index is 11.8. The number of amides is 2. The highest BCUT2D eigenvalue weighted by atomic mass is 32.2. The summed E-state index contributed by atoms with van der Waals surface area (Å²) in [7, 11) is -3.94. The maximum atomic E-state index is 11.8. The number of carboxylic acids is 1. The molecule has 1 rings (SSSR count). The van der Waals surface area contributed by atoms with Crippen LogP contribution in [0.2, 0.25) is 0 Å². The standard InChI is InChI=1S/C11H14N2O5S/c1-8-2-4-9(5-3-8)19(17,18)13-11(16)12-7-6-10(14)15/h2-5H,6-7H2,1H3,(H,14,15)(H2,12,13,16). The molecular formula is C11H14N2O5S. The van der Waals surface area contributed by atoms with Gasteiger partial charge in [0.1, 0.15) is 0 Å². The summed E-state index contributed by atoms with van der Waals surface area (Å²) in [5.74, 6) is -1.08. The fourth-order valence-electron chi connectivity index (χ4n) is 1.22. The van der Waals surface area contributed by atoms with Crippen LogP contribution in [0.4, 0.5) is 4.79 Å². The largest absolute Gasteiger partial charge is 0.481 e. The van der Waals surface area contributed by atoms with Crippen molar-refractivity contribution in [2.75, 3.05) is 6.54 Å². The molecule has 0 saturated carbocycles. The molecule has 0 aromatic heterocycles. The Morgan fingerprint density at radius 3 is 2.32 bits per heavy atom. The summed E-state index contributed by atoms with van der Waals surface area (Å²) in [4.78, 5) is 21.5. The summed E-state index contributed by atoms with van der Waals surface area (Å²) in [5.41, 5.74) is 0.893. The van der Waals surface area contributed by atoms with Crippen molar-refractivity contribution < 1.29 is 23.1 Å². The van der Waals surface area contributed by atoms with Gasteiger partial charge < -0.3 is 10.4 Å². The number of carbonyl (C=O) groups is 2. The highest BCUT2D eigenvalue weighted by Gasteiger charge is 2.16. The second-order valence-electron chi connectivity index (χ2n) is 3.82. The molecule has 1 aromatic rings. The minimum atomic E-state index is -3.94. The molecule has 0 saturated heterocycles. The smallest absolute Gasteiger partial charge is 0.328 e. The van der Waals surface area contributed by atoms with Crippen LogP contribution in [0.25, 0.3) is 0 Å². The fraction of sp³-hybridized carbons (Fsp3) is 0.273. The van der Waals surface area contributed by atoms with Crippen LogP contribution in [0.15, 0.2) is 29.2 Å². The summed E-state index contributed by atoms with van der Waals surface area (Å²) >= 11 is 0. The van der Waals surface area contributed by atoms with Gasteiger partial charge in [-0.05, 0) is 19.1 Å². The normalized spacial score (nSPS) is 10.8. The van der Waals surface area contributed by atoms with Crippen molar-refractivity contribution in [1.82, 2.24) is 10.0 Å². The molecule has 2 amide bonds. The molecule has 1 aromatic carbocycles. The van der Waals surface area contributed by atoms with Gasteiger partial charge in [-0.25, -0.2) is 17.9 Å². The molecule has 8 heteroatoms. The van der Waals surface area contributed by atoms with Gasteiger partial charge >= 0.3 is 12.0 Å². The van der Waals surface area contributed by atoms with E-state index in [9.17, 15) is 18.0 Å². The number of aliphatic carboxylic acids is 1. The number of carbonyl (C=O) groups excluding carboxylic acids is 1. The van der Waals surface area contributed by atoms with Gasteiger partial charge in [0, 0.05) is 6.54 Å². The Labute approximate surface area is 110 Å². The quantitative estimate of drug-likeness (QED) is 0.727. The first-order valence-electron chi connectivity index (χ1n) is 5.40. The average Bonchev–Trinajstić information content (AvgIpc) is 2.28. The van der Waals surface area contributed by atoms with Crippen LogP contribution in [0.5, 0.6) is 0 Å². The number of aryl methyl sites for hydroxylation is 1. The molecule has 19 heavy (non-hydrogen) atoms. The lowest BCUT2D eigenvalue weighted by Crippen LogP contribution is -2.40. The molecule has 0 spiro atoms. The van der Waals surface area contributed by atoms with Gasteiger partial charge in [0.25, 0.3) is 10.0 Å². The van der Waals surface area contributed by atoms with E-state index in [2.05, 4.69) is 5.32 Å². The summed E-state index contributed by atoms with van der Waals surface area (Å²) in [6, 6.07) is 5.01. The molecule has 0 radical (unpaired) electrons. The lowest BCUT2D eigenvalue weighted by atomic mass is 10.2. The highest BCUT2D eigenvalue weighted by Crippen LogP contribution is 2.09. The first-order valence-corrected chi connectivity index (χ1v) is 6.89. The van der Waals surface area contributed by atoms with E-state index in [1.165, 1.54) is 12.1 Å². The second-order valence-corrected chi connectivity index (χ2v) is 5.50. The van der Waals surface area contributed by atoms with Crippen molar-refractivity contribution in [2.45, 2.75) is 18.2 Å². The first kappa shape index (κ1) is 15.0. The number of rotatable bonds is 5. The van der Waals surface area contributed by atoms with Gasteiger partial charge in [-0.15, -0.1) is 0 Å². The zero-order valence-electron chi connectivity index (χ0n) is 10.2. The Morgan fingerprint density at radius 1 is 1.21 bits per heavy atom. The molecular weight excluding hydrogens is 272 g/mol. The van der Waals surface area contributed by atoms with Gasteiger partial charge in [-0.1, -0.05) is 17.7 Å². The fourth-order valence-corrected chi connectivity index (χ4v) is 2.15. The van der Waals surface area contributed by atoms with Gasteiger partial charge in [0.2, 0.25) is 0 Å². The predicted octanol–water partition coefficient (Wildman–Crippen LogP) is 0.458. The van der Waals surface area contributed by atoms with E-state index in [1.807, 2.05) is 6.92 Å². The lowest BCUT2D eigenvalue weighted by molar-refractivity contribution is -0.136. The highest BCUT2D eigenvalue weighted by molar-refractivity contribution is 7.90. The Kier molecular flexibility index (Phi) is 4.87. The molecule has 0 heterocycles. The van der Waals surface area contributed by atoms with E-state index in [0.717, 1.165) is 5.56 Å². The molecule has 7 nitrogen and oxygen atoms in total. The number of urea groups is 1. The second kappa shape index (κ2) is 6.19. The molecule has 0 aliphatic rings. The van der Waals surface area contributed by atoms with E-state index in [4.69, 9.17) is 5.11 Å². The topological polar surface area (TPSA) is 113 Å². The van der Waals surface area contributed by atoms with Crippen LogP contribution < -0.4 is 10.0 Å². The van der Waals surface area contributed by atoms with E-state index >= 15 is 0 Å². The van der Waals surface area contributed by atoms with Crippen LogP contribution in [-0.4, -0.2) is 32.1 Å². The number of benzene rings is 1. The summed E-state index contributed by atoms with van der Waals surface area (Å²) in [6.07, 6.45) is -0.280. The monoisotopic (exact) mass is 286 g/mol. The van der Waals surface area contributed by atoms with E-state index < -0.39 is 22.0 Å². The number of nitrogens with one attached hydrogen (secondary N) is 2. The number of sulfonamides is 1. The number of carboxylic acid groups (broad SMARTS) is 1. The number of hydrogen-bond acceptors (Lipinski definition) is 4. The van der Waals surface area contributed by atoms with Crippen LogP contribution in [0, 0.1) is 6.92 Å². The molecule has 3 N–H and O–H groups in total. The Morgan fingerprint density at radius 2 is 1.79 bits per heavy atom. The lowest BCUT2D eigenvalue weighted by Gasteiger charge is -2.08. The average molecular weight is 286 g/mol. The maximum Gasteiger partial charge on any atom is 0.328 e. The molecule has 0 aliphatic heterocycles. The van der Waals surface area contributed by atoms with Crippen molar-refractivity contribution in [1.29, 1.82) is 0 Å². The van der Waals surface area contributed by atoms with Crippen LogP contribution in [0.1, 0.15) is 12.0 Å². The number of hydrogen-bond donors (Lipinski definition) is 3. The van der Waals surface area contributed by atoms with E-state index in [1.54, 1.807) is 16.9 Å². The van der Waals surface area contributed by atoms with Crippen LogP contribution in [-0.2, 0) is 14.8 Å². The molecule has 0 atom stereocenters. The predicted molar refractivity (Wildman–Crippen MR) is 67.2 cm³/mol. The molecule has 104 valence electrons. The third kappa shape index (κ3) is 4.96. The molecule has 0 aliphatic carbocycles. The van der Waals surface area contributed by atoms with Gasteiger partial charge in [-0.2, -0.15) is 0 Å². The third-order valence-electron chi connectivity index (χ3n) is 2.18. The third-order valence-corrected chi connectivity index (χ3v) is 3.53. The van der Waals surface area contributed by atoms with E-state index in [-0.39, 0.29) is 17.9 Å². The summed E-state index contributed by atoms with van der Waals surface area (Å²) in [5, 5.41) is 10.5. The minimum Gasteiger partial charge on any atom is -0.481 e. The first-order chi connectivity index (χ1) is 8.81. The Balaban J connectivity index is 2.62. The Bertz CT molecular complexity index is 565. The van der Waals surface area contributed by atoms with E-state index in [0.29, 0.717) is 0 Å². The summed E-state index contributed by atoms with van der Waals surface area (Å²) in [6.45, 7) is 1.66. The van der Waals surface area contributed by atoms with Crippen molar-refractivity contribution in [2.24, 2.45) is 0 Å². The zero-order chi connectivity index (χ0) is 14.5. The molecule has 0 fully saturated rings. The van der Waals surface area contributed by atoms with Crippen molar-refractivity contribution in [3.05, 3.63) is 29.8 Å². The zero-order valence-corrected chi connectivity index (χ0v) is 11.0. The van der Waals surface area contributed by atoms with Crippen LogP contribution >= 0.6 is 0 Å². The molecule has 0 unspecified atom stereocenters. The van der Waals surface area contributed by atoms with Crippen molar-refractivity contribution >= 4 is 22.0 Å². The molecule has 0 bridgehead atoms. The minimum absolute atomic E-state index is 0.0357. The van der Waals surface area contributed by atoms with Crippen molar-refractivity contribution in [3.63, 3.8) is 0 Å². The summed E-state index contributed by atoms with van der Waals surface area (Å²) < 4.78 is 25.3. The Hall–Kier alpha value is -2.09.